The highest BCUT2D eigenvalue weighted by molar-refractivity contribution is 5.20. The maximum absolute atomic E-state index is 12.5. The summed E-state index contributed by atoms with van der Waals surface area (Å²) >= 11 is 0. The highest BCUT2D eigenvalue weighted by atomic mass is 16.5. The fraction of sp³-hybridized carbons (Fsp3) is 0.727. The van der Waals surface area contributed by atoms with Crippen LogP contribution in [-0.4, -0.2) is 51.1 Å². The Morgan fingerprint density at radius 3 is 2.70 bits per heavy atom. The Labute approximate surface area is 176 Å². The maximum Gasteiger partial charge on any atom is 0.267 e. The molecule has 0 bridgehead atoms. The molecule has 5 rings (SSSR count). The summed E-state index contributed by atoms with van der Waals surface area (Å²) < 4.78 is 12.6. The van der Waals surface area contributed by atoms with E-state index in [4.69, 9.17) is 14.4 Å². The lowest BCUT2D eigenvalue weighted by Crippen LogP contribution is -2.37. The van der Waals surface area contributed by atoms with Crippen LogP contribution in [0.1, 0.15) is 67.4 Å². The topological polar surface area (TPSA) is 86.3 Å². The number of nitrogens with zero attached hydrogens (tertiary/aromatic N) is 5. The van der Waals surface area contributed by atoms with Gasteiger partial charge in [0, 0.05) is 31.7 Å². The number of fused-ring (bicyclic) bond motifs is 1. The number of likely N-dealkylation sites (tertiary alicyclic amines) is 1. The molecule has 0 aromatic carbocycles. The third-order valence-corrected chi connectivity index (χ3v) is 6.83. The van der Waals surface area contributed by atoms with Crippen LogP contribution in [-0.2, 0) is 30.7 Å². The van der Waals surface area contributed by atoms with E-state index in [1.165, 1.54) is 12.8 Å². The van der Waals surface area contributed by atoms with Crippen molar-refractivity contribution in [1.29, 1.82) is 0 Å². The van der Waals surface area contributed by atoms with Gasteiger partial charge in [-0.1, -0.05) is 5.16 Å². The lowest BCUT2D eigenvalue weighted by Gasteiger charge is -2.31. The fourth-order valence-corrected chi connectivity index (χ4v) is 4.95. The minimum Gasteiger partial charge on any atom is -0.381 e. The van der Waals surface area contributed by atoms with Gasteiger partial charge in [0.15, 0.2) is 5.82 Å². The van der Waals surface area contributed by atoms with Crippen molar-refractivity contribution < 1.29 is 9.26 Å². The third-order valence-electron chi connectivity index (χ3n) is 6.83. The number of hydrogen-bond acceptors (Lipinski definition) is 7. The summed E-state index contributed by atoms with van der Waals surface area (Å²) in [6.07, 6.45) is 8.42. The quantitative estimate of drug-likeness (QED) is 0.743. The molecule has 4 heterocycles. The van der Waals surface area contributed by atoms with Crippen LogP contribution in [0.2, 0.25) is 0 Å². The van der Waals surface area contributed by atoms with Gasteiger partial charge in [0.1, 0.15) is 0 Å². The first-order chi connectivity index (χ1) is 14.7. The Kier molecular flexibility index (Phi) is 5.95. The van der Waals surface area contributed by atoms with Crippen molar-refractivity contribution >= 4 is 0 Å². The van der Waals surface area contributed by atoms with E-state index in [0.717, 1.165) is 101 Å². The predicted molar refractivity (Wildman–Crippen MR) is 110 cm³/mol. The van der Waals surface area contributed by atoms with Crippen molar-refractivity contribution in [2.24, 2.45) is 5.92 Å². The van der Waals surface area contributed by atoms with Gasteiger partial charge in [0.2, 0.25) is 5.89 Å². The summed E-state index contributed by atoms with van der Waals surface area (Å²) in [6.45, 7) is 5.00. The average Bonchev–Trinajstić information content (AvgIpc) is 3.25. The average molecular weight is 414 g/mol. The number of piperidine rings is 1. The second-order valence-corrected chi connectivity index (χ2v) is 9.00. The van der Waals surface area contributed by atoms with Crippen LogP contribution >= 0.6 is 0 Å². The van der Waals surface area contributed by atoms with Crippen LogP contribution in [0.3, 0.4) is 0 Å². The van der Waals surface area contributed by atoms with Crippen molar-refractivity contribution in [2.45, 2.75) is 70.4 Å². The maximum atomic E-state index is 12.5. The van der Waals surface area contributed by atoms with Crippen LogP contribution in [0, 0.1) is 5.92 Å². The molecule has 0 saturated carbocycles. The van der Waals surface area contributed by atoms with E-state index in [0.29, 0.717) is 11.8 Å². The van der Waals surface area contributed by atoms with Crippen molar-refractivity contribution in [2.75, 3.05) is 26.3 Å². The second-order valence-electron chi connectivity index (χ2n) is 9.00. The monoisotopic (exact) mass is 413 g/mol. The molecule has 0 amide bonds. The molecule has 3 aliphatic rings. The molecule has 0 radical (unpaired) electrons. The van der Waals surface area contributed by atoms with Crippen molar-refractivity contribution in [3.8, 4) is 0 Å². The first-order valence-electron chi connectivity index (χ1n) is 11.5. The normalized spacial score (nSPS) is 21.6. The van der Waals surface area contributed by atoms with E-state index in [1.54, 1.807) is 4.68 Å². The highest BCUT2D eigenvalue weighted by Crippen LogP contribution is 2.26. The Morgan fingerprint density at radius 1 is 1.07 bits per heavy atom. The number of hydrogen-bond donors (Lipinski definition) is 0. The summed E-state index contributed by atoms with van der Waals surface area (Å²) in [7, 11) is 0. The largest absolute Gasteiger partial charge is 0.381 e. The highest BCUT2D eigenvalue weighted by Gasteiger charge is 2.25. The van der Waals surface area contributed by atoms with E-state index in [9.17, 15) is 4.79 Å². The predicted octanol–water partition coefficient (Wildman–Crippen LogP) is 2.31. The second kappa shape index (κ2) is 8.98. The first-order valence-corrected chi connectivity index (χ1v) is 11.5. The molecule has 2 fully saturated rings. The first kappa shape index (κ1) is 19.9. The fourth-order valence-electron chi connectivity index (χ4n) is 4.95. The molecule has 0 unspecified atom stereocenters. The molecular formula is C22H31N5O3. The zero-order valence-corrected chi connectivity index (χ0v) is 17.6. The van der Waals surface area contributed by atoms with Gasteiger partial charge in [-0.15, -0.1) is 0 Å². The van der Waals surface area contributed by atoms with Gasteiger partial charge in [-0.05, 0) is 75.9 Å². The van der Waals surface area contributed by atoms with E-state index in [1.807, 2.05) is 6.07 Å². The molecule has 0 spiro atoms. The standard InChI is InChI=1S/C22H31N5O3/c28-21-13-18-3-1-2-4-19(18)24-27(21)14-16-5-9-26(10-6-16)15-20-23-22(30-25-20)17-7-11-29-12-8-17/h13,16-17H,1-12,14-15H2. The Hall–Kier alpha value is -2.06. The van der Waals surface area contributed by atoms with Gasteiger partial charge >= 0.3 is 0 Å². The summed E-state index contributed by atoms with van der Waals surface area (Å²) in [4.78, 5) is 19.5. The Bertz CT molecular complexity index is 910. The Morgan fingerprint density at radius 2 is 1.87 bits per heavy atom. The van der Waals surface area contributed by atoms with Gasteiger partial charge in [-0.25, -0.2) is 4.68 Å². The molecule has 0 atom stereocenters. The molecule has 162 valence electrons. The van der Waals surface area contributed by atoms with Crippen LogP contribution in [0.25, 0.3) is 0 Å². The molecule has 2 aromatic rings. The van der Waals surface area contributed by atoms with Crippen LogP contribution in [0.5, 0.6) is 0 Å². The summed E-state index contributed by atoms with van der Waals surface area (Å²) in [5, 5.41) is 8.89. The summed E-state index contributed by atoms with van der Waals surface area (Å²) in [5.74, 6) is 2.38. The zero-order chi connectivity index (χ0) is 20.3. The lowest BCUT2D eigenvalue weighted by atomic mass is 9.96. The van der Waals surface area contributed by atoms with E-state index in [-0.39, 0.29) is 5.56 Å². The van der Waals surface area contributed by atoms with Crippen molar-refractivity contribution in [3.05, 3.63) is 39.4 Å². The summed E-state index contributed by atoms with van der Waals surface area (Å²) in [5.41, 5.74) is 2.36. The van der Waals surface area contributed by atoms with Gasteiger partial charge in [0.05, 0.1) is 12.2 Å². The van der Waals surface area contributed by atoms with Crippen molar-refractivity contribution in [3.63, 3.8) is 0 Å². The molecule has 8 heteroatoms. The van der Waals surface area contributed by atoms with Gasteiger partial charge in [-0.2, -0.15) is 10.1 Å². The van der Waals surface area contributed by atoms with Gasteiger partial charge in [-0.3, -0.25) is 9.69 Å². The van der Waals surface area contributed by atoms with Gasteiger partial charge in [0.25, 0.3) is 5.56 Å². The molecule has 8 nitrogen and oxygen atoms in total. The summed E-state index contributed by atoms with van der Waals surface area (Å²) in [6, 6.07) is 1.82. The van der Waals surface area contributed by atoms with Crippen molar-refractivity contribution in [1.82, 2.24) is 24.8 Å². The van der Waals surface area contributed by atoms with Crippen LogP contribution in [0.4, 0.5) is 0 Å². The molecule has 2 aromatic heterocycles. The van der Waals surface area contributed by atoms with Crippen LogP contribution < -0.4 is 5.56 Å². The smallest absolute Gasteiger partial charge is 0.267 e. The zero-order valence-electron chi connectivity index (χ0n) is 17.6. The lowest BCUT2D eigenvalue weighted by molar-refractivity contribution is 0.0778. The number of ether oxygens (including phenoxy) is 1. The molecule has 2 saturated heterocycles. The molecule has 0 N–H and O–H groups in total. The Balaban J connectivity index is 1.14. The van der Waals surface area contributed by atoms with Crippen LogP contribution in [0.15, 0.2) is 15.4 Å². The van der Waals surface area contributed by atoms with E-state index < -0.39 is 0 Å². The molecule has 1 aliphatic carbocycles. The SMILES string of the molecule is O=c1cc2c(nn1CC1CCN(Cc3noc(C4CCOCC4)n3)CC1)CCCC2. The number of aryl methyl sites for hydroxylation is 2. The van der Waals surface area contributed by atoms with E-state index >= 15 is 0 Å². The van der Waals surface area contributed by atoms with Gasteiger partial charge < -0.3 is 9.26 Å². The molecular weight excluding hydrogens is 382 g/mol. The minimum absolute atomic E-state index is 0.0607. The molecule has 30 heavy (non-hydrogen) atoms. The molecule has 2 aliphatic heterocycles. The van der Waals surface area contributed by atoms with E-state index in [2.05, 4.69) is 15.0 Å². The number of aromatic nitrogens is 4. The number of rotatable bonds is 5. The minimum atomic E-state index is 0.0607. The third kappa shape index (κ3) is 4.49.